The summed E-state index contributed by atoms with van der Waals surface area (Å²) >= 11 is 0. The highest BCUT2D eigenvalue weighted by Gasteiger charge is 2.54. The number of urea groups is 1. The number of ether oxygens (including phenoxy) is 1. The van der Waals surface area contributed by atoms with Crippen molar-refractivity contribution in [2.24, 2.45) is 11.3 Å². The fraction of sp³-hybridized carbons (Fsp3) is 0.700. The van der Waals surface area contributed by atoms with Crippen molar-refractivity contribution in [1.82, 2.24) is 25.1 Å². The number of piperidine rings is 1. The topological polar surface area (TPSA) is 87.7 Å². The Morgan fingerprint density at radius 3 is 2.81 bits per heavy atom. The van der Waals surface area contributed by atoms with E-state index in [9.17, 15) is 22.8 Å². The molecule has 3 saturated heterocycles. The van der Waals surface area contributed by atoms with Crippen LogP contribution < -0.4 is 5.32 Å². The second kappa shape index (κ2) is 7.32. The average Bonchev–Trinajstić information content (AvgIpc) is 2.67. The van der Waals surface area contributed by atoms with Crippen molar-refractivity contribution in [3.05, 3.63) is 23.8 Å². The summed E-state index contributed by atoms with van der Waals surface area (Å²) in [5.74, 6) is -0.966. The van der Waals surface area contributed by atoms with Crippen molar-refractivity contribution < 1.29 is 27.5 Å². The van der Waals surface area contributed by atoms with Crippen molar-refractivity contribution in [1.29, 1.82) is 0 Å². The fourth-order valence-electron chi connectivity index (χ4n) is 5.48. The molecule has 8 nitrogen and oxygen atoms in total. The highest BCUT2D eigenvalue weighted by molar-refractivity contribution is 5.79. The molecule has 1 aromatic rings. The highest BCUT2D eigenvalue weighted by Crippen LogP contribution is 2.53. The van der Waals surface area contributed by atoms with Gasteiger partial charge in [0.2, 0.25) is 11.7 Å². The van der Waals surface area contributed by atoms with Crippen LogP contribution in [0.3, 0.4) is 0 Å². The lowest BCUT2D eigenvalue weighted by atomic mass is 9.57. The minimum Gasteiger partial charge on any atom is -0.366 e. The van der Waals surface area contributed by atoms with Crippen molar-refractivity contribution in [2.45, 2.75) is 44.0 Å². The van der Waals surface area contributed by atoms with Crippen LogP contribution in [-0.2, 0) is 22.1 Å². The van der Waals surface area contributed by atoms with Gasteiger partial charge in [0.1, 0.15) is 6.61 Å². The number of amides is 3. The number of alkyl halides is 3. The zero-order valence-corrected chi connectivity index (χ0v) is 16.9. The standard InChI is InChI=1S/C20H24F3N5O3/c21-20(22,23)17-24-3-1-13(25-17)5-12-6-19(7-12)10-28(11-19)18(30)27-4-2-15-14(8-27)26-16(29)9-31-15/h1,3,12,14-15H,2,4-11H2,(H,26,29)/t14-,15+/m1/s1. The third-order valence-corrected chi connectivity index (χ3v) is 6.83. The van der Waals surface area contributed by atoms with Gasteiger partial charge in [-0.2, -0.15) is 13.2 Å². The second-order valence-electron chi connectivity index (χ2n) is 9.24. The third-order valence-electron chi connectivity index (χ3n) is 6.83. The van der Waals surface area contributed by atoms with Crippen LogP contribution in [0.4, 0.5) is 18.0 Å². The predicted octanol–water partition coefficient (Wildman–Crippen LogP) is 1.46. The van der Waals surface area contributed by atoms with E-state index in [-0.39, 0.29) is 42.0 Å². The van der Waals surface area contributed by atoms with Gasteiger partial charge in [0.25, 0.3) is 0 Å². The Hall–Kier alpha value is -2.43. The van der Waals surface area contributed by atoms with E-state index in [0.29, 0.717) is 44.7 Å². The van der Waals surface area contributed by atoms with Crippen LogP contribution in [0.25, 0.3) is 0 Å². The van der Waals surface area contributed by atoms with Gasteiger partial charge in [-0.25, -0.2) is 14.8 Å². The third kappa shape index (κ3) is 3.95. The van der Waals surface area contributed by atoms with Crippen molar-refractivity contribution in [2.75, 3.05) is 32.8 Å². The molecular formula is C20H24F3N5O3. The number of aromatic nitrogens is 2. The number of rotatable bonds is 2. The largest absolute Gasteiger partial charge is 0.451 e. The number of hydrogen-bond donors (Lipinski definition) is 1. The van der Waals surface area contributed by atoms with Crippen molar-refractivity contribution >= 4 is 11.9 Å². The number of fused-ring (bicyclic) bond motifs is 1. The smallest absolute Gasteiger partial charge is 0.366 e. The maximum atomic E-state index is 12.8. The lowest BCUT2D eigenvalue weighted by Crippen LogP contribution is -2.68. The maximum Gasteiger partial charge on any atom is 0.451 e. The average molecular weight is 439 g/mol. The zero-order valence-electron chi connectivity index (χ0n) is 16.9. The van der Waals surface area contributed by atoms with E-state index in [1.807, 2.05) is 4.90 Å². The number of likely N-dealkylation sites (tertiary alicyclic amines) is 2. The molecule has 1 aromatic heterocycles. The Morgan fingerprint density at radius 2 is 2.06 bits per heavy atom. The van der Waals surface area contributed by atoms with Gasteiger partial charge in [0.15, 0.2) is 0 Å². The SMILES string of the molecule is O=C1CO[C@H]2CCN(C(=O)N3CC4(CC(Cc5ccnc(C(F)(F)F)n5)C4)C3)C[C@H]2N1. The summed E-state index contributed by atoms with van der Waals surface area (Å²) in [6.07, 6.45) is -0.435. The van der Waals surface area contributed by atoms with E-state index in [1.54, 1.807) is 4.90 Å². The summed E-state index contributed by atoms with van der Waals surface area (Å²) in [6.45, 7) is 2.49. The molecule has 3 aliphatic heterocycles. The van der Waals surface area contributed by atoms with Gasteiger partial charge in [-0.15, -0.1) is 0 Å². The first-order chi connectivity index (χ1) is 14.7. The van der Waals surface area contributed by atoms with Crippen LogP contribution in [0.5, 0.6) is 0 Å². The Bertz CT molecular complexity index is 881. The van der Waals surface area contributed by atoms with E-state index in [4.69, 9.17) is 4.74 Å². The van der Waals surface area contributed by atoms with E-state index in [0.717, 1.165) is 19.0 Å². The normalized spacial score (nSPS) is 27.9. The number of halogens is 3. The molecule has 31 heavy (non-hydrogen) atoms. The monoisotopic (exact) mass is 439 g/mol. The van der Waals surface area contributed by atoms with Crippen LogP contribution in [0.2, 0.25) is 0 Å². The molecule has 0 radical (unpaired) electrons. The lowest BCUT2D eigenvalue weighted by Gasteiger charge is -2.60. The molecule has 1 aliphatic carbocycles. The molecule has 4 fully saturated rings. The van der Waals surface area contributed by atoms with Crippen molar-refractivity contribution in [3.8, 4) is 0 Å². The molecule has 5 rings (SSSR count). The summed E-state index contributed by atoms with van der Waals surface area (Å²) in [5.41, 5.74) is 0.495. The summed E-state index contributed by atoms with van der Waals surface area (Å²) in [4.78, 5) is 34.9. The minimum atomic E-state index is -4.54. The minimum absolute atomic E-state index is 0.0158. The first-order valence-electron chi connectivity index (χ1n) is 10.5. The molecule has 1 N–H and O–H groups in total. The molecule has 168 valence electrons. The molecule has 11 heteroatoms. The van der Waals surface area contributed by atoms with Gasteiger partial charge in [0, 0.05) is 43.5 Å². The molecule has 0 aromatic carbocycles. The van der Waals surface area contributed by atoms with E-state index in [1.165, 1.54) is 6.07 Å². The van der Waals surface area contributed by atoms with Gasteiger partial charge >= 0.3 is 12.2 Å². The van der Waals surface area contributed by atoms with Gasteiger partial charge in [-0.3, -0.25) is 4.79 Å². The van der Waals surface area contributed by atoms with Crippen LogP contribution in [0.15, 0.2) is 12.3 Å². The quantitative estimate of drug-likeness (QED) is 0.754. The number of nitrogens with zero attached hydrogens (tertiary/aromatic N) is 4. The van der Waals surface area contributed by atoms with Crippen molar-refractivity contribution in [3.63, 3.8) is 0 Å². The number of hydrogen-bond acceptors (Lipinski definition) is 5. The Morgan fingerprint density at radius 1 is 1.29 bits per heavy atom. The Kier molecular flexibility index (Phi) is 4.83. The van der Waals surface area contributed by atoms with Gasteiger partial charge < -0.3 is 19.9 Å². The van der Waals surface area contributed by atoms with Gasteiger partial charge in [-0.1, -0.05) is 0 Å². The molecule has 0 bridgehead atoms. The second-order valence-corrected chi connectivity index (χ2v) is 9.24. The fourth-order valence-corrected chi connectivity index (χ4v) is 5.48. The first-order valence-corrected chi connectivity index (χ1v) is 10.5. The van der Waals surface area contributed by atoms with E-state index < -0.39 is 12.0 Å². The molecule has 0 unspecified atom stereocenters. The molecule has 1 saturated carbocycles. The zero-order chi connectivity index (χ0) is 21.8. The number of carbonyl (C=O) groups is 2. The molecule has 1 spiro atoms. The van der Waals surface area contributed by atoms with Crippen LogP contribution in [0, 0.1) is 11.3 Å². The number of carbonyl (C=O) groups excluding carboxylic acids is 2. The Labute approximate surface area is 177 Å². The molecule has 4 aliphatic rings. The maximum absolute atomic E-state index is 12.8. The summed E-state index contributed by atoms with van der Waals surface area (Å²) in [6, 6.07) is 1.36. The summed E-state index contributed by atoms with van der Waals surface area (Å²) < 4.78 is 43.9. The van der Waals surface area contributed by atoms with E-state index in [2.05, 4.69) is 15.3 Å². The predicted molar refractivity (Wildman–Crippen MR) is 101 cm³/mol. The first kappa shape index (κ1) is 20.5. The molecule has 3 amide bonds. The molecular weight excluding hydrogens is 415 g/mol. The Balaban J connectivity index is 1.10. The summed E-state index contributed by atoms with van der Waals surface area (Å²) in [5, 5.41) is 2.90. The van der Waals surface area contributed by atoms with Crippen LogP contribution in [-0.4, -0.2) is 76.6 Å². The molecule has 2 atom stereocenters. The highest BCUT2D eigenvalue weighted by atomic mass is 19.4. The van der Waals surface area contributed by atoms with Gasteiger partial charge in [-0.05, 0) is 37.7 Å². The lowest BCUT2D eigenvalue weighted by molar-refractivity contribution is -0.145. The summed E-state index contributed by atoms with van der Waals surface area (Å²) in [7, 11) is 0. The van der Waals surface area contributed by atoms with E-state index >= 15 is 0 Å². The number of nitrogens with one attached hydrogen (secondary N) is 1. The van der Waals surface area contributed by atoms with Crippen LogP contribution >= 0.6 is 0 Å². The molecule has 4 heterocycles. The van der Waals surface area contributed by atoms with Crippen LogP contribution in [0.1, 0.15) is 30.8 Å². The number of morpholine rings is 1. The van der Waals surface area contributed by atoms with Gasteiger partial charge in [0.05, 0.1) is 12.1 Å².